The fraction of sp³-hybridized carbons (Fsp3) is 0.174. The first-order valence-corrected chi connectivity index (χ1v) is 10.3. The van der Waals surface area contributed by atoms with Gasteiger partial charge in [0.25, 0.3) is 5.89 Å². The van der Waals surface area contributed by atoms with Gasteiger partial charge in [0, 0.05) is 23.5 Å². The lowest BCUT2D eigenvalue weighted by atomic mass is 10.2. The van der Waals surface area contributed by atoms with Gasteiger partial charge in [-0.05, 0) is 42.5 Å². The Bertz CT molecular complexity index is 1340. The van der Waals surface area contributed by atoms with E-state index in [1.807, 2.05) is 18.2 Å². The molecule has 0 bridgehead atoms. The molecule has 4 aromatic rings. The molecule has 2 aromatic carbocycles. The minimum atomic E-state index is -0.209. The molecule has 10 heteroatoms. The van der Waals surface area contributed by atoms with Crippen molar-refractivity contribution in [2.75, 3.05) is 25.3 Å². The van der Waals surface area contributed by atoms with Crippen molar-refractivity contribution in [2.24, 2.45) is 0 Å². The van der Waals surface area contributed by atoms with E-state index in [0.717, 1.165) is 5.56 Å². The minimum absolute atomic E-state index is 0.0680. The van der Waals surface area contributed by atoms with Crippen molar-refractivity contribution in [3.05, 3.63) is 54.7 Å². The van der Waals surface area contributed by atoms with E-state index in [-0.39, 0.29) is 19.2 Å². The van der Waals surface area contributed by atoms with Crippen molar-refractivity contribution >= 4 is 11.6 Å². The smallest absolute Gasteiger partial charge is 0.274 e. The Labute approximate surface area is 187 Å². The highest BCUT2D eigenvalue weighted by atomic mass is 16.7. The second-order valence-corrected chi connectivity index (χ2v) is 7.42. The molecule has 0 fully saturated rings. The number of anilines is 1. The van der Waals surface area contributed by atoms with Gasteiger partial charge in [-0.25, -0.2) is 0 Å². The highest BCUT2D eigenvalue weighted by molar-refractivity contribution is 5.91. The van der Waals surface area contributed by atoms with Crippen LogP contribution >= 0.6 is 0 Å². The summed E-state index contributed by atoms with van der Waals surface area (Å²) in [4.78, 5) is 17.2. The average molecular weight is 446 g/mol. The van der Waals surface area contributed by atoms with Crippen LogP contribution in [0.3, 0.4) is 0 Å². The summed E-state index contributed by atoms with van der Waals surface area (Å²) in [6.45, 7) is 1.26. The van der Waals surface area contributed by atoms with Gasteiger partial charge >= 0.3 is 0 Å². The Hall–Kier alpha value is -4.47. The number of nitrogens with one attached hydrogen (secondary N) is 1. The number of hydrogen-bond acceptors (Lipinski definition) is 8. The summed E-state index contributed by atoms with van der Waals surface area (Å²) in [6.07, 6.45) is 1.78. The predicted molar refractivity (Wildman–Crippen MR) is 115 cm³/mol. The first kappa shape index (κ1) is 19.2. The van der Waals surface area contributed by atoms with Crippen molar-refractivity contribution in [3.63, 3.8) is 0 Å². The zero-order valence-corrected chi connectivity index (χ0v) is 17.3. The Balaban J connectivity index is 1.18. The SMILES string of the molecule is O=C(Cn1cccc1-c1nc(-c2ccc3c(c2)OCO3)no1)Nc1ccc2c(c1)OCCO2. The highest BCUT2D eigenvalue weighted by Gasteiger charge is 2.19. The maximum absolute atomic E-state index is 12.7. The molecule has 1 amide bonds. The number of carbonyl (C=O) groups is 1. The number of rotatable bonds is 5. The van der Waals surface area contributed by atoms with Crippen LogP contribution in [0.4, 0.5) is 5.69 Å². The molecule has 0 saturated heterocycles. The topological polar surface area (TPSA) is 110 Å². The molecule has 0 atom stereocenters. The standard InChI is InChI=1S/C23H18N4O6/c28-21(24-15-4-6-17-20(11-15)30-9-8-29-17)12-27-7-1-2-16(27)23-25-22(26-33-23)14-3-5-18-19(10-14)32-13-31-18/h1-7,10-11H,8-9,12-13H2,(H,24,28). The number of fused-ring (bicyclic) bond motifs is 2. The van der Waals surface area contributed by atoms with E-state index in [4.69, 9.17) is 23.5 Å². The third-order valence-electron chi connectivity index (χ3n) is 5.25. The normalized spacial score (nSPS) is 13.7. The van der Waals surface area contributed by atoms with Gasteiger partial charge in [0.15, 0.2) is 23.0 Å². The van der Waals surface area contributed by atoms with Crippen molar-refractivity contribution in [1.82, 2.24) is 14.7 Å². The number of hydrogen-bond donors (Lipinski definition) is 1. The van der Waals surface area contributed by atoms with Gasteiger partial charge in [-0.2, -0.15) is 4.98 Å². The molecule has 1 N–H and O–H groups in total. The second-order valence-electron chi connectivity index (χ2n) is 7.42. The van der Waals surface area contributed by atoms with Crippen LogP contribution in [-0.4, -0.2) is 40.6 Å². The van der Waals surface area contributed by atoms with Crippen molar-refractivity contribution < 1.29 is 28.3 Å². The molecule has 2 aromatic heterocycles. The molecule has 2 aliphatic rings. The summed E-state index contributed by atoms with van der Waals surface area (Å²) in [5.41, 5.74) is 2.00. The molecule has 33 heavy (non-hydrogen) atoms. The first-order valence-electron chi connectivity index (χ1n) is 10.3. The summed E-state index contributed by atoms with van der Waals surface area (Å²) in [7, 11) is 0. The van der Waals surface area contributed by atoms with E-state index in [1.54, 1.807) is 41.1 Å². The Morgan fingerprint density at radius 1 is 0.939 bits per heavy atom. The molecule has 0 spiro atoms. The van der Waals surface area contributed by atoms with Crippen LogP contribution in [0.15, 0.2) is 59.3 Å². The van der Waals surface area contributed by atoms with E-state index >= 15 is 0 Å². The number of carbonyl (C=O) groups excluding carboxylic acids is 1. The van der Waals surface area contributed by atoms with Crippen LogP contribution in [0.1, 0.15) is 0 Å². The van der Waals surface area contributed by atoms with Gasteiger partial charge in [-0.15, -0.1) is 0 Å². The minimum Gasteiger partial charge on any atom is -0.486 e. The van der Waals surface area contributed by atoms with Crippen LogP contribution in [0.25, 0.3) is 23.0 Å². The molecular weight excluding hydrogens is 428 g/mol. The predicted octanol–water partition coefficient (Wildman–Crippen LogP) is 3.34. The fourth-order valence-corrected chi connectivity index (χ4v) is 3.70. The van der Waals surface area contributed by atoms with E-state index in [2.05, 4.69) is 15.5 Å². The summed E-state index contributed by atoms with van der Waals surface area (Å²) in [5.74, 6) is 3.11. The molecule has 4 heterocycles. The lowest BCUT2D eigenvalue weighted by Gasteiger charge is -2.19. The zero-order valence-electron chi connectivity index (χ0n) is 17.3. The number of ether oxygens (including phenoxy) is 4. The Kier molecular flexibility index (Phi) is 4.60. The molecule has 2 aliphatic heterocycles. The molecule has 10 nitrogen and oxygen atoms in total. The zero-order chi connectivity index (χ0) is 22.2. The quantitative estimate of drug-likeness (QED) is 0.497. The molecule has 0 unspecified atom stereocenters. The molecule has 166 valence electrons. The Morgan fingerprint density at radius 2 is 1.73 bits per heavy atom. The largest absolute Gasteiger partial charge is 0.486 e. The first-order chi connectivity index (χ1) is 16.2. The summed E-state index contributed by atoms with van der Waals surface area (Å²) >= 11 is 0. The monoisotopic (exact) mass is 446 g/mol. The van der Waals surface area contributed by atoms with E-state index in [0.29, 0.717) is 59.3 Å². The van der Waals surface area contributed by atoms with Gasteiger partial charge in [0.05, 0.1) is 0 Å². The molecule has 0 saturated carbocycles. The van der Waals surface area contributed by atoms with E-state index in [1.165, 1.54) is 0 Å². The number of amides is 1. The number of benzene rings is 2. The van der Waals surface area contributed by atoms with Gasteiger partial charge in [-0.3, -0.25) is 4.79 Å². The summed E-state index contributed by atoms with van der Waals surface area (Å²) < 4.78 is 29.0. The van der Waals surface area contributed by atoms with Crippen LogP contribution < -0.4 is 24.3 Å². The van der Waals surface area contributed by atoms with Gasteiger partial charge in [-0.1, -0.05) is 5.16 Å². The fourth-order valence-electron chi connectivity index (χ4n) is 3.70. The van der Waals surface area contributed by atoms with Crippen LogP contribution in [0.5, 0.6) is 23.0 Å². The van der Waals surface area contributed by atoms with Crippen LogP contribution in [0, 0.1) is 0 Å². The average Bonchev–Trinajstić information content (AvgIpc) is 3.59. The molecule has 6 rings (SSSR count). The maximum atomic E-state index is 12.7. The third-order valence-corrected chi connectivity index (χ3v) is 5.25. The Morgan fingerprint density at radius 3 is 2.67 bits per heavy atom. The summed E-state index contributed by atoms with van der Waals surface area (Å²) in [5, 5.41) is 6.95. The molecule has 0 radical (unpaired) electrons. The van der Waals surface area contributed by atoms with Crippen molar-refractivity contribution in [1.29, 1.82) is 0 Å². The maximum Gasteiger partial charge on any atom is 0.274 e. The van der Waals surface area contributed by atoms with Crippen molar-refractivity contribution in [3.8, 4) is 46.0 Å². The number of aromatic nitrogens is 3. The number of nitrogens with zero attached hydrogens (tertiary/aromatic N) is 3. The molecule has 0 aliphatic carbocycles. The van der Waals surface area contributed by atoms with E-state index < -0.39 is 0 Å². The third kappa shape index (κ3) is 3.71. The lowest BCUT2D eigenvalue weighted by molar-refractivity contribution is -0.116. The highest BCUT2D eigenvalue weighted by Crippen LogP contribution is 2.36. The van der Waals surface area contributed by atoms with Crippen molar-refractivity contribution in [2.45, 2.75) is 6.54 Å². The molecular formula is C23H18N4O6. The second kappa shape index (κ2) is 7.90. The lowest BCUT2D eigenvalue weighted by Crippen LogP contribution is -2.19. The summed E-state index contributed by atoms with van der Waals surface area (Å²) in [6, 6.07) is 14.4. The van der Waals surface area contributed by atoms with Crippen LogP contribution in [0.2, 0.25) is 0 Å². The van der Waals surface area contributed by atoms with Gasteiger partial charge in [0.2, 0.25) is 18.5 Å². The van der Waals surface area contributed by atoms with Gasteiger partial charge < -0.3 is 33.4 Å². The van der Waals surface area contributed by atoms with Crippen LogP contribution in [-0.2, 0) is 11.3 Å². The van der Waals surface area contributed by atoms with E-state index in [9.17, 15) is 4.79 Å². The van der Waals surface area contributed by atoms with Gasteiger partial charge in [0.1, 0.15) is 25.5 Å².